The van der Waals surface area contributed by atoms with E-state index < -0.39 is 6.10 Å². The molecule has 8 nitrogen and oxygen atoms in total. The molecule has 0 bridgehead atoms. The van der Waals surface area contributed by atoms with Crippen molar-refractivity contribution in [3.05, 3.63) is 29.3 Å². The summed E-state index contributed by atoms with van der Waals surface area (Å²) in [7, 11) is 0. The van der Waals surface area contributed by atoms with E-state index in [-0.39, 0.29) is 36.6 Å². The molecule has 2 aliphatic heterocycles. The van der Waals surface area contributed by atoms with E-state index >= 15 is 0 Å². The zero-order valence-electron chi connectivity index (χ0n) is 16.9. The van der Waals surface area contributed by atoms with Crippen LogP contribution in [0.3, 0.4) is 0 Å². The van der Waals surface area contributed by atoms with Crippen LogP contribution in [0.1, 0.15) is 32.1 Å². The molecule has 2 fully saturated rings. The molecule has 0 spiro atoms. The quantitative estimate of drug-likeness (QED) is 0.521. The molecule has 0 aliphatic carbocycles. The fourth-order valence-corrected chi connectivity index (χ4v) is 3.95. The number of nitrogens with one attached hydrogen (secondary N) is 3. The van der Waals surface area contributed by atoms with Gasteiger partial charge in [0.05, 0.1) is 18.8 Å². The Morgan fingerprint density at radius 1 is 1.10 bits per heavy atom. The van der Waals surface area contributed by atoms with Crippen LogP contribution in [-0.4, -0.2) is 61.7 Å². The van der Waals surface area contributed by atoms with E-state index in [9.17, 15) is 14.7 Å². The first-order chi connectivity index (χ1) is 14.5. The van der Waals surface area contributed by atoms with Crippen LogP contribution in [0.25, 0.3) is 0 Å². The minimum absolute atomic E-state index is 0.0179. The first-order valence-electron chi connectivity index (χ1n) is 10.5. The SMILES string of the molecule is O=C(NCC[C@H]1CC[C@H](NC(=O)C2CCOCC2)[C@@H](CO)O1)Nc1ccc(Cl)cc1. The zero-order valence-corrected chi connectivity index (χ0v) is 17.7. The second kappa shape index (κ2) is 11.5. The lowest BCUT2D eigenvalue weighted by molar-refractivity contribution is -0.134. The Bertz CT molecular complexity index is 696. The largest absolute Gasteiger partial charge is 0.394 e. The first-order valence-corrected chi connectivity index (χ1v) is 10.9. The number of carbonyl (C=O) groups is 2. The van der Waals surface area contributed by atoms with Crippen LogP contribution in [0, 0.1) is 5.92 Å². The van der Waals surface area contributed by atoms with Crippen LogP contribution in [-0.2, 0) is 14.3 Å². The Labute approximate surface area is 181 Å². The summed E-state index contributed by atoms with van der Waals surface area (Å²) >= 11 is 5.83. The second-order valence-corrected chi connectivity index (χ2v) is 8.17. The van der Waals surface area contributed by atoms with Gasteiger partial charge >= 0.3 is 6.03 Å². The number of aliphatic hydroxyl groups excluding tert-OH is 1. The number of carbonyl (C=O) groups excluding carboxylic acids is 2. The van der Waals surface area contributed by atoms with Crippen LogP contribution < -0.4 is 16.0 Å². The standard InChI is InChI=1S/C21H30ClN3O5/c22-15-1-3-16(4-2-15)24-21(28)23-10-7-17-5-6-18(19(13-26)30-17)25-20(27)14-8-11-29-12-9-14/h1-4,14,17-19,26H,5-13H2,(H,25,27)(H2,23,24,28)/t17-,18+,19-/m1/s1. The summed E-state index contributed by atoms with van der Waals surface area (Å²) in [6.45, 7) is 1.52. The lowest BCUT2D eigenvalue weighted by Crippen LogP contribution is -2.52. The van der Waals surface area contributed by atoms with Gasteiger partial charge in [-0.1, -0.05) is 11.6 Å². The number of anilines is 1. The van der Waals surface area contributed by atoms with Crippen molar-refractivity contribution in [3.63, 3.8) is 0 Å². The number of aliphatic hydroxyl groups is 1. The van der Waals surface area contributed by atoms with Crippen molar-refractivity contribution >= 4 is 29.2 Å². The van der Waals surface area contributed by atoms with E-state index in [1.54, 1.807) is 24.3 Å². The van der Waals surface area contributed by atoms with Crippen molar-refractivity contribution in [2.45, 2.75) is 50.4 Å². The van der Waals surface area contributed by atoms with Gasteiger partial charge in [0.1, 0.15) is 6.10 Å². The third-order valence-electron chi connectivity index (χ3n) is 5.57. The molecule has 2 heterocycles. The van der Waals surface area contributed by atoms with Gasteiger partial charge < -0.3 is 30.5 Å². The Kier molecular flexibility index (Phi) is 8.74. The van der Waals surface area contributed by atoms with Crippen LogP contribution in [0.15, 0.2) is 24.3 Å². The number of benzene rings is 1. The summed E-state index contributed by atoms with van der Waals surface area (Å²) in [5.41, 5.74) is 0.661. The molecule has 166 valence electrons. The van der Waals surface area contributed by atoms with Gasteiger partial charge in [0.2, 0.25) is 5.91 Å². The van der Waals surface area contributed by atoms with Gasteiger partial charge in [0, 0.05) is 36.4 Å². The molecular formula is C21H30ClN3O5. The van der Waals surface area contributed by atoms with Gasteiger partial charge in [-0.15, -0.1) is 0 Å². The lowest BCUT2D eigenvalue weighted by Gasteiger charge is -2.37. The highest BCUT2D eigenvalue weighted by atomic mass is 35.5. The Morgan fingerprint density at radius 3 is 2.53 bits per heavy atom. The van der Waals surface area contributed by atoms with Gasteiger partial charge in [-0.05, 0) is 56.4 Å². The van der Waals surface area contributed by atoms with E-state index in [0.29, 0.717) is 36.9 Å². The summed E-state index contributed by atoms with van der Waals surface area (Å²) in [4.78, 5) is 24.5. The molecule has 0 aromatic heterocycles. The lowest BCUT2D eigenvalue weighted by atomic mass is 9.94. The average Bonchev–Trinajstić information content (AvgIpc) is 2.77. The topological polar surface area (TPSA) is 109 Å². The number of urea groups is 1. The first kappa shape index (κ1) is 22.8. The highest BCUT2D eigenvalue weighted by Crippen LogP contribution is 2.23. The fraction of sp³-hybridized carbons (Fsp3) is 0.619. The normalized spacial score (nSPS) is 24.8. The van der Waals surface area contributed by atoms with Crippen LogP contribution in [0.2, 0.25) is 5.02 Å². The molecule has 1 aromatic rings. The maximum Gasteiger partial charge on any atom is 0.319 e. The highest BCUT2D eigenvalue weighted by Gasteiger charge is 2.33. The van der Waals surface area contributed by atoms with Crippen molar-refractivity contribution < 1.29 is 24.2 Å². The monoisotopic (exact) mass is 439 g/mol. The van der Waals surface area contributed by atoms with E-state index in [0.717, 1.165) is 25.7 Å². The summed E-state index contributed by atoms with van der Waals surface area (Å²) in [5, 5.41) is 18.9. The average molecular weight is 440 g/mol. The fourth-order valence-electron chi connectivity index (χ4n) is 3.82. The number of ether oxygens (including phenoxy) is 2. The maximum atomic E-state index is 12.5. The second-order valence-electron chi connectivity index (χ2n) is 7.73. The van der Waals surface area contributed by atoms with Crippen molar-refractivity contribution in [1.82, 2.24) is 10.6 Å². The predicted molar refractivity (Wildman–Crippen MR) is 114 cm³/mol. The maximum absolute atomic E-state index is 12.5. The smallest absolute Gasteiger partial charge is 0.319 e. The molecule has 3 amide bonds. The van der Waals surface area contributed by atoms with Gasteiger partial charge in [-0.25, -0.2) is 4.79 Å². The van der Waals surface area contributed by atoms with E-state index in [1.165, 1.54) is 0 Å². The molecule has 9 heteroatoms. The molecule has 0 unspecified atom stereocenters. The molecule has 2 saturated heterocycles. The predicted octanol–water partition coefficient (Wildman–Crippen LogP) is 2.30. The van der Waals surface area contributed by atoms with Crippen molar-refractivity contribution in [2.24, 2.45) is 5.92 Å². The molecule has 0 saturated carbocycles. The number of hydrogen-bond acceptors (Lipinski definition) is 5. The summed E-state index contributed by atoms with van der Waals surface area (Å²) in [6.07, 6.45) is 3.08. The van der Waals surface area contributed by atoms with Crippen molar-refractivity contribution in [3.8, 4) is 0 Å². The Hall–Kier alpha value is -1.87. The summed E-state index contributed by atoms with van der Waals surface area (Å²) in [6, 6.07) is 6.38. The molecule has 0 radical (unpaired) electrons. The minimum Gasteiger partial charge on any atom is -0.394 e. The van der Waals surface area contributed by atoms with Gasteiger partial charge in [-0.3, -0.25) is 4.79 Å². The molecule has 2 aliphatic rings. The Balaban J connectivity index is 1.37. The number of halogens is 1. The van der Waals surface area contributed by atoms with Crippen LogP contribution in [0.5, 0.6) is 0 Å². The third kappa shape index (κ3) is 6.84. The van der Waals surface area contributed by atoms with Crippen molar-refractivity contribution in [1.29, 1.82) is 0 Å². The minimum atomic E-state index is -0.435. The molecule has 3 rings (SSSR count). The van der Waals surface area contributed by atoms with E-state index in [1.807, 2.05) is 0 Å². The Morgan fingerprint density at radius 2 is 1.83 bits per heavy atom. The number of amides is 3. The molecule has 1 aromatic carbocycles. The van der Waals surface area contributed by atoms with Gasteiger partial charge in [0.25, 0.3) is 0 Å². The zero-order chi connectivity index (χ0) is 21.3. The number of rotatable bonds is 7. The van der Waals surface area contributed by atoms with Crippen molar-refractivity contribution in [2.75, 3.05) is 31.7 Å². The van der Waals surface area contributed by atoms with E-state index in [4.69, 9.17) is 21.1 Å². The molecule has 3 atom stereocenters. The van der Waals surface area contributed by atoms with Gasteiger partial charge in [0.15, 0.2) is 0 Å². The third-order valence-corrected chi connectivity index (χ3v) is 5.82. The number of hydrogen-bond donors (Lipinski definition) is 4. The molecular weight excluding hydrogens is 410 g/mol. The summed E-state index contributed by atoms with van der Waals surface area (Å²) in [5.74, 6) is -0.0106. The molecule has 30 heavy (non-hydrogen) atoms. The van der Waals surface area contributed by atoms with Crippen LogP contribution >= 0.6 is 11.6 Å². The van der Waals surface area contributed by atoms with Crippen LogP contribution in [0.4, 0.5) is 10.5 Å². The van der Waals surface area contributed by atoms with Gasteiger partial charge in [-0.2, -0.15) is 0 Å². The highest BCUT2D eigenvalue weighted by molar-refractivity contribution is 6.30. The molecule has 4 N–H and O–H groups in total. The summed E-state index contributed by atoms with van der Waals surface area (Å²) < 4.78 is 11.3. The van der Waals surface area contributed by atoms with E-state index in [2.05, 4.69) is 16.0 Å².